The number of amides is 1. The molecule has 0 aliphatic carbocycles. The van der Waals surface area contributed by atoms with E-state index in [4.69, 9.17) is 0 Å². The van der Waals surface area contributed by atoms with Gasteiger partial charge in [-0.05, 0) is 36.2 Å². The van der Waals surface area contributed by atoms with E-state index in [-0.39, 0.29) is 17.3 Å². The summed E-state index contributed by atoms with van der Waals surface area (Å²) < 4.78 is 3.29. The number of carbonyl (C=O) groups is 1. The first-order chi connectivity index (χ1) is 14.6. The molecule has 150 valence electrons. The first kappa shape index (κ1) is 19.3. The molecule has 0 saturated carbocycles. The number of pyridine rings is 1. The van der Waals surface area contributed by atoms with Gasteiger partial charge in [-0.2, -0.15) is 0 Å². The number of hydrogen-bond acceptors (Lipinski definition) is 4. The Bertz CT molecular complexity index is 1210. The molecule has 0 spiro atoms. The molecule has 0 fully saturated rings. The largest absolute Gasteiger partial charge is 0.345 e. The van der Waals surface area contributed by atoms with E-state index in [1.54, 1.807) is 27.6 Å². The lowest BCUT2D eigenvalue weighted by Crippen LogP contribution is -2.24. The van der Waals surface area contributed by atoms with Gasteiger partial charge in [0.15, 0.2) is 0 Å². The second kappa shape index (κ2) is 8.57. The maximum atomic E-state index is 12.5. The minimum absolute atomic E-state index is 0.0356. The highest BCUT2D eigenvalue weighted by Gasteiger charge is 2.14. The van der Waals surface area contributed by atoms with Crippen LogP contribution in [-0.2, 0) is 13.1 Å². The van der Waals surface area contributed by atoms with Gasteiger partial charge in [0.1, 0.15) is 5.82 Å². The van der Waals surface area contributed by atoms with Gasteiger partial charge in [0, 0.05) is 18.8 Å². The lowest BCUT2D eigenvalue weighted by atomic mass is 10.1. The third-order valence-corrected chi connectivity index (χ3v) is 4.70. The van der Waals surface area contributed by atoms with Gasteiger partial charge in [0.2, 0.25) is 5.82 Å². The fourth-order valence-electron chi connectivity index (χ4n) is 3.11. The van der Waals surface area contributed by atoms with Crippen molar-refractivity contribution in [3.05, 3.63) is 112 Å². The molecule has 0 aliphatic heterocycles. The maximum absolute atomic E-state index is 12.5. The van der Waals surface area contributed by atoms with Crippen molar-refractivity contribution in [1.29, 1.82) is 0 Å². The molecule has 0 bridgehead atoms. The summed E-state index contributed by atoms with van der Waals surface area (Å²) >= 11 is 0. The summed E-state index contributed by atoms with van der Waals surface area (Å²) in [5, 5.41) is 7.18. The molecule has 2 heterocycles. The van der Waals surface area contributed by atoms with Crippen LogP contribution in [0.3, 0.4) is 0 Å². The molecule has 1 N–H and O–H groups in total. The average molecular weight is 399 g/mol. The topological polar surface area (TPSA) is 81.8 Å². The molecule has 4 aromatic rings. The second-order valence-electron chi connectivity index (χ2n) is 6.90. The van der Waals surface area contributed by atoms with E-state index in [0.717, 1.165) is 16.8 Å². The first-order valence-electron chi connectivity index (χ1n) is 9.61. The summed E-state index contributed by atoms with van der Waals surface area (Å²) in [6.45, 7) is 2.68. The summed E-state index contributed by atoms with van der Waals surface area (Å²) in [5.41, 5.74) is 2.78. The Labute approximate surface area is 173 Å². The van der Waals surface area contributed by atoms with Gasteiger partial charge in [-0.15, -0.1) is 5.10 Å². The monoisotopic (exact) mass is 399 g/mol. The van der Waals surface area contributed by atoms with Crippen LogP contribution in [0.4, 0.5) is 0 Å². The predicted octanol–water partition coefficient (Wildman–Crippen LogP) is 2.72. The number of carbonyl (C=O) groups excluding carboxylic acids is 1. The van der Waals surface area contributed by atoms with Gasteiger partial charge < -0.3 is 9.88 Å². The number of benzene rings is 2. The summed E-state index contributed by atoms with van der Waals surface area (Å²) in [5.74, 6) is 0.455. The molecule has 1 amide bonds. The molecular weight excluding hydrogens is 378 g/mol. The highest BCUT2D eigenvalue weighted by atomic mass is 16.2. The van der Waals surface area contributed by atoms with E-state index in [1.807, 2.05) is 67.6 Å². The van der Waals surface area contributed by atoms with Crippen LogP contribution in [0.25, 0.3) is 5.69 Å². The number of nitrogens with one attached hydrogen (secondary N) is 1. The second-order valence-corrected chi connectivity index (χ2v) is 6.90. The van der Waals surface area contributed by atoms with Crippen molar-refractivity contribution in [3.8, 4) is 5.69 Å². The molecule has 30 heavy (non-hydrogen) atoms. The Morgan fingerprint density at radius 2 is 1.63 bits per heavy atom. The molecule has 0 saturated heterocycles. The van der Waals surface area contributed by atoms with Gasteiger partial charge in [0.05, 0.1) is 12.2 Å². The molecule has 4 rings (SSSR count). The zero-order valence-electron chi connectivity index (χ0n) is 16.5. The van der Waals surface area contributed by atoms with Crippen LogP contribution in [0, 0.1) is 6.92 Å². The summed E-state index contributed by atoms with van der Waals surface area (Å²) in [6.07, 6.45) is 1.76. The van der Waals surface area contributed by atoms with E-state index >= 15 is 0 Å². The highest BCUT2D eigenvalue weighted by molar-refractivity contribution is 5.90. The first-order valence-corrected chi connectivity index (χ1v) is 9.61. The van der Waals surface area contributed by atoms with Crippen molar-refractivity contribution in [3.63, 3.8) is 0 Å². The Morgan fingerprint density at radius 3 is 2.37 bits per heavy atom. The third-order valence-electron chi connectivity index (χ3n) is 4.70. The van der Waals surface area contributed by atoms with Crippen LogP contribution in [0.1, 0.15) is 27.6 Å². The molecule has 0 atom stereocenters. The molecule has 2 aromatic carbocycles. The predicted molar refractivity (Wildman–Crippen MR) is 114 cm³/mol. The Kier molecular flexibility index (Phi) is 5.52. The molecule has 0 unspecified atom stereocenters. The minimum Gasteiger partial charge on any atom is -0.345 e. The highest BCUT2D eigenvalue weighted by Crippen LogP contribution is 2.09. The van der Waals surface area contributed by atoms with Gasteiger partial charge >= 0.3 is 0 Å². The van der Waals surface area contributed by atoms with Crippen LogP contribution in [0.15, 0.2) is 83.8 Å². The number of nitrogens with zero attached hydrogens (tertiary/aromatic N) is 4. The zero-order valence-corrected chi connectivity index (χ0v) is 16.5. The SMILES string of the molecule is Cc1nc(C(=O)NCc2ccc(Cn3ccccc3=O)cc2)nn1-c1ccccc1. The standard InChI is InChI=1S/C23H21N5O2/c1-17-25-22(26-28(17)20-7-3-2-4-8-20)23(30)24-15-18-10-12-19(13-11-18)16-27-14-6-5-9-21(27)29/h2-14H,15-16H2,1H3,(H,24,30). The van der Waals surface area contributed by atoms with Crippen molar-refractivity contribution < 1.29 is 4.79 Å². The Morgan fingerprint density at radius 1 is 0.933 bits per heavy atom. The van der Waals surface area contributed by atoms with Crippen molar-refractivity contribution in [2.75, 3.05) is 0 Å². The van der Waals surface area contributed by atoms with Crippen LogP contribution in [0.5, 0.6) is 0 Å². The van der Waals surface area contributed by atoms with Crippen molar-refractivity contribution in [1.82, 2.24) is 24.6 Å². The summed E-state index contributed by atoms with van der Waals surface area (Å²) in [6, 6.07) is 22.4. The van der Waals surface area contributed by atoms with Gasteiger partial charge in [-0.1, -0.05) is 48.5 Å². The molecule has 2 aromatic heterocycles. The fraction of sp³-hybridized carbons (Fsp3) is 0.130. The van der Waals surface area contributed by atoms with Crippen LogP contribution >= 0.6 is 0 Å². The van der Waals surface area contributed by atoms with E-state index in [2.05, 4.69) is 15.4 Å². The zero-order chi connectivity index (χ0) is 20.9. The van der Waals surface area contributed by atoms with Crippen molar-refractivity contribution in [2.45, 2.75) is 20.0 Å². The Hall–Kier alpha value is -4.00. The lowest BCUT2D eigenvalue weighted by molar-refractivity contribution is 0.0940. The van der Waals surface area contributed by atoms with E-state index in [0.29, 0.717) is 18.9 Å². The van der Waals surface area contributed by atoms with E-state index in [9.17, 15) is 9.59 Å². The molecule has 0 radical (unpaired) electrons. The number of rotatable bonds is 6. The van der Waals surface area contributed by atoms with E-state index in [1.165, 1.54) is 0 Å². The number of aromatic nitrogens is 4. The molecule has 7 heteroatoms. The lowest BCUT2D eigenvalue weighted by Gasteiger charge is -2.07. The quantitative estimate of drug-likeness (QED) is 0.541. The smallest absolute Gasteiger partial charge is 0.291 e. The minimum atomic E-state index is -0.326. The summed E-state index contributed by atoms with van der Waals surface area (Å²) in [7, 11) is 0. The van der Waals surface area contributed by atoms with Crippen LogP contribution in [-0.4, -0.2) is 25.2 Å². The number of para-hydroxylation sites is 1. The van der Waals surface area contributed by atoms with Gasteiger partial charge in [-0.25, -0.2) is 9.67 Å². The van der Waals surface area contributed by atoms with Crippen LogP contribution in [0.2, 0.25) is 0 Å². The van der Waals surface area contributed by atoms with Crippen LogP contribution < -0.4 is 10.9 Å². The average Bonchev–Trinajstić information content (AvgIpc) is 3.17. The third kappa shape index (κ3) is 4.35. The maximum Gasteiger partial charge on any atom is 0.291 e. The number of aryl methyl sites for hydroxylation is 1. The fourth-order valence-corrected chi connectivity index (χ4v) is 3.11. The van der Waals surface area contributed by atoms with Crippen molar-refractivity contribution in [2.24, 2.45) is 0 Å². The van der Waals surface area contributed by atoms with Crippen molar-refractivity contribution >= 4 is 5.91 Å². The number of hydrogen-bond donors (Lipinski definition) is 1. The molecule has 7 nitrogen and oxygen atoms in total. The molecular formula is C23H21N5O2. The summed E-state index contributed by atoms with van der Waals surface area (Å²) in [4.78, 5) is 28.6. The van der Waals surface area contributed by atoms with Gasteiger partial charge in [-0.3, -0.25) is 9.59 Å². The Balaban J connectivity index is 1.38. The normalized spacial score (nSPS) is 10.7. The van der Waals surface area contributed by atoms with E-state index < -0.39 is 0 Å². The van der Waals surface area contributed by atoms with Gasteiger partial charge in [0.25, 0.3) is 11.5 Å². The molecule has 0 aliphatic rings.